The van der Waals surface area contributed by atoms with Gasteiger partial charge in [-0.3, -0.25) is 10.1 Å². The Balaban J connectivity index is 1.98. The molecule has 3 fully saturated rings. The molecule has 1 N–H and O–H groups in total. The highest BCUT2D eigenvalue weighted by Crippen LogP contribution is 2.45. The summed E-state index contributed by atoms with van der Waals surface area (Å²) in [5, 5.41) is 3.57. The van der Waals surface area contributed by atoms with Gasteiger partial charge in [0.25, 0.3) is 0 Å². The van der Waals surface area contributed by atoms with Crippen LogP contribution in [0.4, 0.5) is 0 Å². The van der Waals surface area contributed by atoms with Gasteiger partial charge in [-0.1, -0.05) is 6.42 Å². The lowest BCUT2D eigenvalue weighted by atomic mass is 9.80. The van der Waals surface area contributed by atoms with Crippen molar-refractivity contribution in [3.63, 3.8) is 0 Å². The first-order valence-electron chi connectivity index (χ1n) is 5.38. The zero-order chi connectivity index (χ0) is 8.89. The standard InChI is InChI=1S/C10H16N2O/c13-9-7-8-3-1-2-4-10(8)11-5-6-12(9)10/h8,11H,1-7H2. The molecular formula is C10H16N2O. The quantitative estimate of drug-likeness (QED) is 0.595. The fraction of sp³-hybridized carbons (Fsp3) is 0.900. The molecule has 1 amide bonds. The van der Waals surface area contributed by atoms with E-state index in [4.69, 9.17) is 0 Å². The second-order valence-corrected chi connectivity index (χ2v) is 4.54. The SMILES string of the molecule is O=C1CC2CCCCC23NCCN13. The third-order valence-electron chi connectivity index (χ3n) is 4.01. The van der Waals surface area contributed by atoms with E-state index in [1.807, 2.05) is 0 Å². The van der Waals surface area contributed by atoms with Gasteiger partial charge in [0, 0.05) is 25.4 Å². The molecule has 1 aliphatic carbocycles. The summed E-state index contributed by atoms with van der Waals surface area (Å²) in [6.45, 7) is 1.94. The van der Waals surface area contributed by atoms with Crippen molar-refractivity contribution in [1.29, 1.82) is 0 Å². The minimum absolute atomic E-state index is 0.106. The van der Waals surface area contributed by atoms with Gasteiger partial charge >= 0.3 is 0 Å². The van der Waals surface area contributed by atoms with Crippen LogP contribution >= 0.6 is 0 Å². The summed E-state index contributed by atoms with van der Waals surface area (Å²) in [5.74, 6) is 0.994. The van der Waals surface area contributed by atoms with Gasteiger partial charge in [0.05, 0.1) is 5.66 Å². The summed E-state index contributed by atoms with van der Waals surface area (Å²) in [5.41, 5.74) is 0.106. The smallest absolute Gasteiger partial charge is 0.224 e. The van der Waals surface area contributed by atoms with Crippen molar-refractivity contribution in [2.24, 2.45) is 5.92 Å². The van der Waals surface area contributed by atoms with Gasteiger partial charge in [0.15, 0.2) is 0 Å². The molecular weight excluding hydrogens is 164 g/mol. The largest absolute Gasteiger partial charge is 0.323 e. The van der Waals surface area contributed by atoms with E-state index in [2.05, 4.69) is 10.2 Å². The van der Waals surface area contributed by atoms with Crippen LogP contribution in [0.15, 0.2) is 0 Å². The van der Waals surface area contributed by atoms with Crippen molar-refractivity contribution < 1.29 is 4.79 Å². The van der Waals surface area contributed by atoms with Gasteiger partial charge < -0.3 is 4.90 Å². The second-order valence-electron chi connectivity index (χ2n) is 4.54. The molecule has 0 aromatic carbocycles. The molecule has 3 heteroatoms. The third kappa shape index (κ3) is 0.857. The monoisotopic (exact) mass is 180 g/mol. The molecule has 2 aliphatic heterocycles. The molecule has 72 valence electrons. The molecule has 0 aromatic heterocycles. The Bertz CT molecular complexity index is 253. The van der Waals surface area contributed by atoms with Crippen LogP contribution in [0.2, 0.25) is 0 Å². The number of nitrogens with zero attached hydrogens (tertiary/aromatic N) is 1. The molecule has 2 atom stereocenters. The Hall–Kier alpha value is -0.570. The first-order valence-corrected chi connectivity index (χ1v) is 5.38. The summed E-state index contributed by atoms with van der Waals surface area (Å²) in [6.07, 6.45) is 5.83. The predicted molar refractivity (Wildman–Crippen MR) is 49.0 cm³/mol. The molecule has 13 heavy (non-hydrogen) atoms. The molecule has 2 heterocycles. The van der Waals surface area contributed by atoms with Crippen molar-refractivity contribution >= 4 is 5.91 Å². The highest BCUT2D eigenvalue weighted by atomic mass is 16.2. The summed E-state index contributed by atoms with van der Waals surface area (Å²) in [7, 11) is 0. The van der Waals surface area contributed by atoms with Crippen LogP contribution in [-0.2, 0) is 4.79 Å². The number of nitrogens with one attached hydrogen (secondary N) is 1. The Morgan fingerprint density at radius 1 is 1.46 bits per heavy atom. The van der Waals surface area contributed by atoms with Gasteiger partial charge in [-0.15, -0.1) is 0 Å². The van der Waals surface area contributed by atoms with Gasteiger partial charge in [-0.25, -0.2) is 0 Å². The average molecular weight is 180 g/mol. The third-order valence-corrected chi connectivity index (χ3v) is 4.01. The van der Waals surface area contributed by atoms with E-state index in [1.54, 1.807) is 0 Å². The van der Waals surface area contributed by atoms with E-state index in [-0.39, 0.29) is 5.66 Å². The van der Waals surface area contributed by atoms with Crippen molar-refractivity contribution in [2.75, 3.05) is 13.1 Å². The maximum atomic E-state index is 11.7. The van der Waals surface area contributed by atoms with E-state index in [0.717, 1.165) is 19.5 Å². The molecule has 0 aromatic rings. The average Bonchev–Trinajstić information content (AvgIpc) is 2.62. The van der Waals surface area contributed by atoms with Crippen molar-refractivity contribution in [3.05, 3.63) is 0 Å². The highest BCUT2D eigenvalue weighted by molar-refractivity contribution is 5.80. The molecule has 3 aliphatic rings. The number of carbonyl (C=O) groups is 1. The van der Waals surface area contributed by atoms with E-state index in [9.17, 15) is 4.79 Å². The lowest BCUT2D eigenvalue weighted by molar-refractivity contribution is -0.130. The predicted octanol–water partition coefficient (Wildman–Crippen LogP) is 0.708. The molecule has 3 rings (SSSR count). The number of rotatable bonds is 0. The molecule has 1 saturated carbocycles. The summed E-state index contributed by atoms with van der Waals surface area (Å²) in [4.78, 5) is 13.8. The second kappa shape index (κ2) is 2.47. The first kappa shape index (κ1) is 7.80. The maximum absolute atomic E-state index is 11.7. The first-order chi connectivity index (χ1) is 6.33. The number of amides is 1. The Kier molecular flexibility index (Phi) is 1.48. The normalized spacial score (nSPS) is 43.5. The van der Waals surface area contributed by atoms with Crippen molar-refractivity contribution in [1.82, 2.24) is 10.2 Å². The van der Waals surface area contributed by atoms with Gasteiger partial charge in [0.2, 0.25) is 5.91 Å². The van der Waals surface area contributed by atoms with Crippen molar-refractivity contribution in [2.45, 2.75) is 37.8 Å². The lowest BCUT2D eigenvalue weighted by Crippen LogP contribution is -2.53. The van der Waals surface area contributed by atoms with Crippen LogP contribution in [-0.4, -0.2) is 29.6 Å². The maximum Gasteiger partial charge on any atom is 0.224 e. The number of carbonyl (C=O) groups excluding carboxylic acids is 1. The molecule has 0 bridgehead atoms. The topological polar surface area (TPSA) is 32.3 Å². The van der Waals surface area contributed by atoms with Crippen LogP contribution < -0.4 is 5.32 Å². The molecule has 2 unspecified atom stereocenters. The molecule has 0 radical (unpaired) electrons. The van der Waals surface area contributed by atoms with Crippen molar-refractivity contribution in [3.8, 4) is 0 Å². The Morgan fingerprint density at radius 3 is 3.31 bits per heavy atom. The lowest BCUT2D eigenvalue weighted by Gasteiger charge is -2.40. The van der Waals surface area contributed by atoms with Crippen LogP contribution in [0, 0.1) is 5.92 Å². The van der Waals surface area contributed by atoms with Gasteiger partial charge in [-0.2, -0.15) is 0 Å². The molecule has 3 nitrogen and oxygen atoms in total. The Labute approximate surface area is 78.5 Å². The number of hydrogen-bond donors (Lipinski definition) is 1. The molecule has 1 spiro atoms. The zero-order valence-electron chi connectivity index (χ0n) is 7.88. The fourth-order valence-corrected chi connectivity index (χ4v) is 3.43. The van der Waals surface area contributed by atoms with Gasteiger partial charge in [0.1, 0.15) is 0 Å². The van der Waals surface area contributed by atoms with Crippen LogP contribution in [0.1, 0.15) is 32.1 Å². The Morgan fingerprint density at radius 2 is 2.38 bits per heavy atom. The van der Waals surface area contributed by atoms with Crippen LogP contribution in [0.5, 0.6) is 0 Å². The van der Waals surface area contributed by atoms with Crippen LogP contribution in [0.3, 0.4) is 0 Å². The van der Waals surface area contributed by atoms with E-state index >= 15 is 0 Å². The van der Waals surface area contributed by atoms with E-state index in [0.29, 0.717) is 11.8 Å². The van der Waals surface area contributed by atoms with E-state index in [1.165, 1.54) is 25.7 Å². The minimum atomic E-state index is 0.106. The van der Waals surface area contributed by atoms with Crippen LogP contribution in [0.25, 0.3) is 0 Å². The molecule has 2 saturated heterocycles. The summed E-state index contributed by atoms with van der Waals surface area (Å²) < 4.78 is 0. The number of hydrogen-bond acceptors (Lipinski definition) is 2. The zero-order valence-corrected chi connectivity index (χ0v) is 7.88. The van der Waals surface area contributed by atoms with E-state index < -0.39 is 0 Å². The summed E-state index contributed by atoms with van der Waals surface area (Å²) in [6, 6.07) is 0. The summed E-state index contributed by atoms with van der Waals surface area (Å²) >= 11 is 0. The highest BCUT2D eigenvalue weighted by Gasteiger charge is 2.55. The minimum Gasteiger partial charge on any atom is -0.323 e. The van der Waals surface area contributed by atoms with Gasteiger partial charge in [-0.05, 0) is 19.3 Å². The fourth-order valence-electron chi connectivity index (χ4n) is 3.43.